The van der Waals surface area contributed by atoms with Crippen molar-refractivity contribution in [2.75, 3.05) is 13.1 Å². The number of imidazole rings is 1. The van der Waals surface area contributed by atoms with Crippen LogP contribution in [0.15, 0.2) is 30.6 Å². The molecule has 124 valence electrons. The SMILES string of the molecule is Cc1ccc(CN2CCC(C(O)c3nccn3C)CC2)cc1C. The summed E-state index contributed by atoms with van der Waals surface area (Å²) in [5.74, 6) is 1.10. The van der Waals surface area contributed by atoms with Crippen LogP contribution >= 0.6 is 0 Å². The first-order valence-corrected chi connectivity index (χ1v) is 8.48. The summed E-state index contributed by atoms with van der Waals surface area (Å²) in [4.78, 5) is 6.79. The van der Waals surface area contributed by atoms with Crippen LogP contribution in [0.1, 0.15) is 41.5 Å². The Morgan fingerprint density at radius 1 is 1.22 bits per heavy atom. The van der Waals surface area contributed by atoms with Gasteiger partial charge in [0, 0.05) is 26.0 Å². The van der Waals surface area contributed by atoms with Gasteiger partial charge in [0.15, 0.2) is 0 Å². The Labute approximate surface area is 138 Å². The largest absolute Gasteiger partial charge is 0.385 e. The highest BCUT2D eigenvalue weighted by molar-refractivity contribution is 5.29. The molecule has 1 fully saturated rings. The van der Waals surface area contributed by atoms with E-state index in [1.807, 2.05) is 17.8 Å². The van der Waals surface area contributed by atoms with Crippen molar-refractivity contribution < 1.29 is 5.11 Å². The fraction of sp³-hybridized carbons (Fsp3) is 0.526. The lowest BCUT2D eigenvalue weighted by Crippen LogP contribution is -2.35. The second-order valence-electron chi connectivity index (χ2n) is 6.87. The number of aryl methyl sites for hydroxylation is 3. The summed E-state index contributed by atoms with van der Waals surface area (Å²) in [5.41, 5.74) is 4.10. The van der Waals surface area contributed by atoms with E-state index in [1.54, 1.807) is 6.20 Å². The van der Waals surface area contributed by atoms with E-state index in [0.717, 1.165) is 38.3 Å². The minimum atomic E-state index is -0.446. The van der Waals surface area contributed by atoms with Crippen molar-refractivity contribution in [2.45, 2.75) is 39.3 Å². The monoisotopic (exact) mass is 313 g/mol. The smallest absolute Gasteiger partial charge is 0.137 e. The summed E-state index contributed by atoms with van der Waals surface area (Å²) in [6.45, 7) is 7.42. The zero-order chi connectivity index (χ0) is 16.4. The van der Waals surface area contributed by atoms with E-state index in [0.29, 0.717) is 5.92 Å². The zero-order valence-corrected chi connectivity index (χ0v) is 14.4. The highest BCUT2D eigenvalue weighted by atomic mass is 16.3. The predicted octanol–water partition coefficient (Wildman–Crippen LogP) is 2.98. The Bertz CT molecular complexity index is 656. The van der Waals surface area contributed by atoms with Crippen LogP contribution in [-0.2, 0) is 13.6 Å². The first kappa shape index (κ1) is 16.2. The van der Waals surface area contributed by atoms with Crippen molar-refractivity contribution in [3.05, 3.63) is 53.1 Å². The molecule has 4 heteroatoms. The van der Waals surface area contributed by atoms with Crippen molar-refractivity contribution in [2.24, 2.45) is 13.0 Å². The molecule has 0 amide bonds. The minimum Gasteiger partial charge on any atom is -0.385 e. The van der Waals surface area contributed by atoms with Gasteiger partial charge in [0.05, 0.1) is 0 Å². The van der Waals surface area contributed by atoms with Gasteiger partial charge in [-0.3, -0.25) is 4.90 Å². The molecule has 0 bridgehead atoms. The Morgan fingerprint density at radius 3 is 2.57 bits per heavy atom. The van der Waals surface area contributed by atoms with Crippen LogP contribution < -0.4 is 0 Å². The number of rotatable bonds is 4. The summed E-state index contributed by atoms with van der Waals surface area (Å²) in [6, 6.07) is 6.74. The molecule has 0 saturated carbocycles. The molecule has 4 nitrogen and oxygen atoms in total. The van der Waals surface area contributed by atoms with Gasteiger partial charge in [-0.05, 0) is 62.4 Å². The number of likely N-dealkylation sites (tertiary alicyclic amines) is 1. The van der Waals surface area contributed by atoms with Crippen molar-refractivity contribution in [3.63, 3.8) is 0 Å². The lowest BCUT2D eigenvalue weighted by molar-refractivity contribution is 0.0492. The first-order chi connectivity index (χ1) is 11.0. The van der Waals surface area contributed by atoms with E-state index in [4.69, 9.17) is 0 Å². The molecule has 3 rings (SSSR count). The Kier molecular flexibility index (Phi) is 4.83. The van der Waals surface area contributed by atoms with Crippen molar-refractivity contribution in [1.82, 2.24) is 14.5 Å². The molecule has 2 heterocycles. The van der Waals surface area contributed by atoms with E-state index in [2.05, 4.69) is 41.9 Å². The van der Waals surface area contributed by atoms with Crippen LogP contribution in [0.3, 0.4) is 0 Å². The van der Waals surface area contributed by atoms with Crippen molar-refractivity contribution >= 4 is 0 Å². The van der Waals surface area contributed by atoms with Crippen LogP contribution in [-0.4, -0.2) is 32.6 Å². The van der Waals surface area contributed by atoms with Crippen LogP contribution in [0.2, 0.25) is 0 Å². The third-order valence-electron chi connectivity index (χ3n) is 5.18. The van der Waals surface area contributed by atoms with Gasteiger partial charge in [-0.25, -0.2) is 4.98 Å². The zero-order valence-electron chi connectivity index (χ0n) is 14.4. The number of hydrogen-bond acceptors (Lipinski definition) is 3. The van der Waals surface area contributed by atoms with E-state index >= 15 is 0 Å². The fourth-order valence-electron chi connectivity index (χ4n) is 3.46. The van der Waals surface area contributed by atoms with Crippen molar-refractivity contribution in [1.29, 1.82) is 0 Å². The molecule has 0 radical (unpaired) electrons. The summed E-state index contributed by atoms with van der Waals surface area (Å²) >= 11 is 0. The fourth-order valence-corrected chi connectivity index (χ4v) is 3.46. The molecule has 1 aliphatic heterocycles. The van der Waals surface area contributed by atoms with Gasteiger partial charge in [0.1, 0.15) is 11.9 Å². The summed E-state index contributed by atoms with van der Waals surface area (Å²) in [7, 11) is 1.94. The van der Waals surface area contributed by atoms with Gasteiger partial charge < -0.3 is 9.67 Å². The molecule has 1 saturated heterocycles. The van der Waals surface area contributed by atoms with Crippen LogP contribution in [0.25, 0.3) is 0 Å². The summed E-state index contributed by atoms with van der Waals surface area (Å²) < 4.78 is 1.92. The van der Waals surface area contributed by atoms with Crippen LogP contribution in [0, 0.1) is 19.8 Å². The van der Waals surface area contributed by atoms with Crippen LogP contribution in [0.5, 0.6) is 0 Å². The van der Waals surface area contributed by atoms with E-state index in [-0.39, 0.29) is 0 Å². The van der Waals surface area contributed by atoms with Gasteiger partial charge in [-0.2, -0.15) is 0 Å². The number of nitrogens with zero attached hydrogens (tertiary/aromatic N) is 3. The molecule has 1 N–H and O–H groups in total. The van der Waals surface area contributed by atoms with Gasteiger partial charge in [-0.1, -0.05) is 18.2 Å². The first-order valence-electron chi connectivity index (χ1n) is 8.48. The second kappa shape index (κ2) is 6.85. The highest BCUT2D eigenvalue weighted by Gasteiger charge is 2.28. The third kappa shape index (κ3) is 3.65. The van der Waals surface area contributed by atoms with E-state index in [1.165, 1.54) is 16.7 Å². The lowest BCUT2D eigenvalue weighted by Gasteiger charge is -2.34. The molecular formula is C19H27N3O. The second-order valence-corrected chi connectivity index (χ2v) is 6.87. The minimum absolute atomic E-state index is 0.312. The lowest BCUT2D eigenvalue weighted by atomic mass is 9.90. The number of aromatic nitrogens is 2. The predicted molar refractivity (Wildman–Crippen MR) is 92.1 cm³/mol. The molecule has 1 atom stereocenters. The maximum absolute atomic E-state index is 10.6. The molecule has 23 heavy (non-hydrogen) atoms. The summed E-state index contributed by atoms with van der Waals surface area (Å²) in [6.07, 6.45) is 5.26. The maximum Gasteiger partial charge on any atom is 0.137 e. The normalized spacial score (nSPS) is 18.3. The maximum atomic E-state index is 10.6. The third-order valence-corrected chi connectivity index (χ3v) is 5.18. The van der Waals surface area contributed by atoms with Gasteiger partial charge in [-0.15, -0.1) is 0 Å². The number of aliphatic hydroxyl groups excluding tert-OH is 1. The summed E-state index contributed by atoms with van der Waals surface area (Å²) in [5, 5.41) is 10.6. The topological polar surface area (TPSA) is 41.3 Å². The Balaban J connectivity index is 1.56. The Morgan fingerprint density at radius 2 is 1.96 bits per heavy atom. The molecule has 0 spiro atoms. The molecule has 0 aliphatic carbocycles. The quantitative estimate of drug-likeness (QED) is 0.943. The van der Waals surface area contributed by atoms with Gasteiger partial charge in [0.2, 0.25) is 0 Å². The number of piperidine rings is 1. The molecule has 1 aromatic carbocycles. The van der Waals surface area contributed by atoms with E-state index < -0.39 is 6.10 Å². The molecule has 2 aromatic rings. The van der Waals surface area contributed by atoms with Crippen LogP contribution in [0.4, 0.5) is 0 Å². The number of hydrogen-bond donors (Lipinski definition) is 1. The average Bonchev–Trinajstić information content (AvgIpc) is 2.97. The van der Waals surface area contributed by atoms with Gasteiger partial charge >= 0.3 is 0 Å². The molecule has 1 aromatic heterocycles. The Hall–Kier alpha value is -1.65. The van der Waals surface area contributed by atoms with Gasteiger partial charge in [0.25, 0.3) is 0 Å². The molecule has 1 aliphatic rings. The van der Waals surface area contributed by atoms with Crippen molar-refractivity contribution in [3.8, 4) is 0 Å². The highest BCUT2D eigenvalue weighted by Crippen LogP contribution is 2.30. The number of aliphatic hydroxyl groups is 1. The van der Waals surface area contributed by atoms with E-state index in [9.17, 15) is 5.11 Å². The molecule has 1 unspecified atom stereocenters. The standard InChI is InChI=1S/C19H27N3O/c1-14-4-5-16(12-15(14)2)13-22-9-6-17(7-10-22)18(23)19-20-8-11-21(19)3/h4-5,8,11-12,17-18,23H,6-7,9-10,13H2,1-3H3. The number of benzene rings is 1. The average molecular weight is 313 g/mol. The molecular weight excluding hydrogens is 286 g/mol.